The van der Waals surface area contributed by atoms with Gasteiger partial charge in [0, 0.05) is 5.88 Å². The minimum atomic E-state index is 0.495. The summed E-state index contributed by atoms with van der Waals surface area (Å²) in [6, 6.07) is 0. The molecule has 1 atom stereocenters. The first kappa shape index (κ1) is 10.4. The molecule has 0 nitrogen and oxygen atoms in total. The SMILES string of the molecule is CCC(C)C1(CCl)CCCCC1. The van der Waals surface area contributed by atoms with E-state index in [1.165, 1.54) is 38.5 Å². The molecule has 0 aromatic heterocycles. The first-order valence-corrected chi connectivity index (χ1v) is 5.84. The highest BCUT2D eigenvalue weighted by Crippen LogP contribution is 2.44. The molecule has 1 fully saturated rings. The summed E-state index contributed by atoms with van der Waals surface area (Å²) in [7, 11) is 0. The van der Waals surface area contributed by atoms with E-state index in [4.69, 9.17) is 11.6 Å². The van der Waals surface area contributed by atoms with Crippen LogP contribution in [0.4, 0.5) is 0 Å². The van der Waals surface area contributed by atoms with Gasteiger partial charge in [0.15, 0.2) is 0 Å². The van der Waals surface area contributed by atoms with Crippen LogP contribution >= 0.6 is 11.6 Å². The van der Waals surface area contributed by atoms with Crippen LogP contribution in [0.3, 0.4) is 0 Å². The molecular formula is C11H21Cl. The van der Waals surface area contributed by atoms with Crippen molar-refractivity contribution in [2.75, 3.05) is 5.88 Å². The molecule has 1 unspecified atom stereocenters. The van der Waals surface area contributed by atoms with Crippen molar-refractivity contribution in [3.8, 4) is 0 Å². The molecule has 1 heteroatoms. The van der Waals surface area contributed by atoms with Gasteiger partial charge >= 0.3 is 0 Å². The third-order valence-corrected chi connectivity index (χ3v) is 4.31. The molecule has 0 heterocycles. The van der Waals surface area contributed by atoms with E-state index < -0.39 is 0 Å². The van der Waals surface area contributed by atoms with E-state index in [2.05, 4.69) is 13.8 Å². The highest BCUT2D eigenvalue weighted by Gasteiger charge is 2.35. The zero-order valence-corrected chi connectivity index (χ0v) is 9.16. The molecule has 1 saturated carbocycles. The minimum Gasteiger partial charge on any atom is -0.126 e. The number of hydrogen-bond acceptors (Lipinski definition) is 0. The second-order valence-electron chi connectivity index (χ2n) is 4.37. The summed E-state index contributed by atoms with van der Waals surface area (Å²) in [4.78, 5) is 0. The van der Waals surface area contributed by atoms with E-state index in [1.807, 2.05) is 0 Å². The van der Waals surface area contributed by atoms with Gasteiger partial charge in [-0.2, -0.15) is 0 Å². The fourth-order valence-corrected chi connectivity index (χ4v) is 2.98. The molecule has 0 aliphatic heterocycles. The van der Waals surface area contributed by atoms with Crippen molar-refractivity contribution in [3.63, 3.8) is 0 Å². The Morgan fingerprint density at radius 3 is 2.25 bits per heavy atom. The van der Waals surface area contributed by atoms with Crippen LogP contribution in [-0.2, 0) is 0 Å². The van der Waals surface area contributed by atoms with Gasteiger partial charge in [-0.15, -0.1) is 11.6 Å². The normalized spacial score (nSPS) is 25.2. The summed E-state index contributed by atoms with van der Waals surface area (Å²) in [6.07, 6.45) is 8.24. The molecular weight excluding hydrogens is 168 g/mol. The third kappa shape index (κ3) is 1.96. The predicted octanol–water partition coefficient (Wildman–Crippen LogP) is 4.22. The monoisotopic (exact) mass is 188 g/mol. The van der Waals surface area contributed by atoms with Crippen LogP contribution in [0, 0.1) is 11.3 Å². The van der Waals surface area contributed by atoms with Gasteiger partial charge in [0.2, 0.25) is 0 Å². The van der Waals surface area contributed by atoms with Gasteiger partial charge in [-0.1, -0.05) is 39.5 Å². The maximum atomic E-state index is 6.11. The zero-order valence-electron chi connectivity index (χ0n) is 8.41. The van der Waals surface area contributed by atoms with Crippen LogP contribution in [0.25, 0.3) is 0 Å². The molecule has 0 amide bonds. The maximum Gasteiger partial charge on any atom is 0.0282 e. The fraction of sp³-hybridized carbons (Fsp3) is 1.00. The maximum absolute atomic E-state index is 6.11. The Kier molecular flexibility index (Phi) is 3.89. The lowest BCUT2D eigenvalue weighted by Gasteiger charge is -2.40. The van der Waals surface area contributed by atoms with Crippen molar-refractivity contribution < 1.29 is 0 Å². The first-order valence-electron chi connectivity index (χ1n) is 5.31. The van der Waals surface area contributed by atoms with Crippen LogP contribution in [0.15, 0.2) is 0 Å². The molecule has 0 aromatic rings. The van der Waals surface area contributed by atoms with E-state index in [9.17, 15) is 0 Å². The lowest BCUT2D eigenvalue weighted by molar-refractivity contribution is 0.132. The molecule has 0 N–H and O–H groups in total. The van der Waals surface area contributed by atoms with Gasteiger partial charge in [0.05, 0.1) is 0 Å². The Morgan fingerprint density at radius 2 is 1.83 bits per heavy atom. The van der Waals surface area contributed by atoms with Crippen molar-refractivity contribution in [3.05, 3.63) is 0 Å². The number of hydrogen-bond donors (Lipinski definition) is 0. The molecule has 1 rings (SSSR count). The van der Waals surface area contributed by atoms with Crippen molar-refractivity contribution >= 4 is 11.6 Å². The van der Waals surface area contributed by atoms with Gasteiger partial charge in [-0.05, 0) is 24.2 Å². The van der Waals surface area contributed by atoms with E-state index in [0.29, 0.717) is 5.41 Å². The summed E-state index contributed by atoms with van der Waals surface area (Å²) in [5.74, 6) is 1.69. The highest BCUT2D eigenvalue weighted by molar-refractivity contribution is 6.18. The summed E-state index contributed by atoms with van der Waals surface area (Å²) in [5.41, 5.74) is 0.495. The largest absolute Gasteiger partial charge is 0.126 e. The van der Waals surface area contributed by atoms with Crippen molar-refractivity contribution in [2.24, 2.45) is 11.3 Å². The molecule has 1 aliphatic carbocycles. The average molecular weight is 189 g/mol. The third-order valence-electron chi connectivity index (χ3n) is 3.77. The van der Waals surface area contributed by atoms with Gasteiger partial charge < -0.3 is 0 Å². The minimum absolute atomic E-state index is 0.495. The van der Waals surface area contributed by atoms with Crippen molar-refractivity contribution in [1.82, 2.24) is 0 Å². The van der Waals surface area contributed by atoms with Gasteiger partial charge in [0.1, 0.15) is 0 Å². The number of alkyl halides is 1. The quantitative estimate of drug-likeness (QED) is 0.582. The smallest absolute Gasteiger partial charge is 0.0282 e. The van der Waals surface area contributed by atoms with E-state index in [-0.39, 0.29) is 0 Å². The van der Waals surface area contributed by atoms with Crippen LogP contribution in [0.1, 0.15) is 52.4 Å². The number of rotatable bonds is 3. The number of halogens is 1. The molecule has 0 spiro atoms. The molecule has 0 radical (unpaired) electrons. The second kappa shape index (κ2) is 4.50. The topological polar surface area (TPSA) is 0 Å². The van der Waals surface area contributed by atoms with Crippen LogP contribution in [0.2, 0.25) is 0 Å². The standard InChI is InChI=1S/C11H21Cl/c1-3-10(2)11(9-12)7-5-4-6-8-11/h10H,3-9H2,1-2H3. The molecule has 0 bridgehead atoms. The van der Waals surface area contributed by atoms with Crippen molar-refractivity contribution in [2.45, 2.75) is 52.4 Å². The Balaban J connectivity index is 2.59. The Morgan fingerprint density at radius 1 is 1.25 bits per heavy atom. The van der Waals surface area contributed by atoms with Crippen LogP contribution in [-0.4, -0.2) is 5.88 Å². The van der Waals surface area contributed by atoms with Crippen molar-refractivity contribution in [1.29, 1.82) is 0 Å². The molecule has 12 heavy (non-hydrogen) atoms. The Hall–Kier alpha value is 0.290. The second-order valence-corrected chi connectivity index (χ2v) is 4.63. The van der Waals surface area contributed by atoms with Gasteiger partial charge in [-0.3, -0.25) is 0 Å². The Bertz CT molecular complexity index is 125. The summed E-state index contributed by atoms with van der Waals surface area (Å²) < 4.78 is 0. The average Bonchev–Trinajstić information content (AvgIpc) is 2.17. The fourth-order valence-electron chi connectivity index (χ4n) is 2.45. The summed E-state index contributed by atoms with van der Waals surface area (Å²) >= 11 is 6.11. The van der Waals surface area contributed by atoms with Crippen LogP contribution in [0.5, 0.6) is 0 Å². The molecule has 0 aromatic carbocycles. The predicted molar refractivity (Wildman–Crippen MR) is 55.7 cm³/mol. The lowest BCUT2D eigenvalue weighted by atomic mass is 9.67. The highest BCUT2D eigenvalue weighted by atomic mass is 35.5. The first-order chi connectivity index (χ1) is 5.75. The lowest BCUT2D eigenvalue weighted by Crippen LogP contribution is -2.32. The van der Waals surface area contributed by atoms with Gasteiger partial charge in [0.25, 0.3) is 0 Å². The van der Waals surface area contributed by atoms with E-state index in [0.717, 1.165) is 11.8 Å². The zero-order chi connectivity index (χ0) is 9.03. The van der Waals surface area contributed by atoms with Gasteiger partial charge in [-0.25, -0.2) is 0 Å². The molecule has 1 aliphatic rings. The summed E-state index contributed by atoms with van der Waals surface area (Å²) in [5, 5.41) is 0. The molecule has 72 valence electrons. The van der Waals surface area contributed by atoms with Crippen LogP contribution < -0.4 is 0 Å². The Labute approximate surface area is 81.7 Å². The summed E-state index contributed by atoms with van der Waals surface area (Å²) in [6.45, 7) is 4.65. The van der Waals surface area contributed by atoms with E-state index >= 15 is 0 Å². The van der Waals surface area contributed by atoms with E-state index in [1.54, 1.807) is 0 Å². The molecule has 0 saturated heterocycles.